The number of rotatable bonds is 8. The molecule has 23 heavy (non-hydrogen) atoms. The molecule has 0 radical (unpaired) electrons. The summed E-state index contributed by atoms with van der Waals surface area (Å²) >= 11 is 0. The molecule has 11 nitrogen and oxygen atoms in total. The number of carboxylic acid groups (broad SMARTS) is 4. The van der Waals surface area contributed by atoms with Crippen LogP contribution in [-0.4, -0.2) is 68.3 Å². The van der Waals surface area contributed by atoms with Gasteiger partial charge in [-0.1, -0.05) is 0 Å². The second-order valence-electron chi connectivity index (χ2n) is 3.74. The van der Waals surface area contributed by atoms with Gasteiger partial charge in [-0.2, -0.15) is 0 Å². The van der Waals surface area contributed by atoms with Gasteiger partial charge in [0.25, 0.3) is 0 Å². The predicted molar refractivity (Wildman–Crippen MR) is 75.9 cm³/mol. The van der Waals surface area contributed by atoms with E-state index in [1.165, 1.54) is 0 Å². The van der Waals surface area contributed by atoms with Crippen molar-refractivity contribution < 1.29 is 69.2 Å². The number of hydrogen-bond acceptors (Lipinski definition) is 8. The Kier molecular flexibility index (Phi) is 28.4. The Morgan fingerprint density at radius 3 is 1.39 bits per heavy atom. The summed E-state index contributed by atoms with van der Waals surface area (Å²) in [6.45, 7) is 0. The third kappa shape index (κ3) is 26.5. The van der Waals surface area contributed by atoms with Crippen molar-refractivity contribution in [1.29, 1.82) is 0 Å². The van der Waals surface area contributed by atoms with Crippen molar-refractivity contribution in [1.82, 2.24) is 6.15 Å². The molecule has 0 heterocycles. The molecule has 2 atom stereocenters. The van der Waals surface area contributed by atoms with Crippen LogP contribution in [0.4, 0.5) is 0 Å². The van der Waals surface area contributed by atoms with Gasteiger partial charge in [0.2, 0.25) is 0 Å². The third-order valence-electron chi connectivity index (χ3n) is 1.96. The molecule has 0 aromatic carbocycles. The summed E-state index contributed by atoms with van der Waals surface area (Å²) < 4.78 is 0. The number of carbonyl (C=O) groups excluding carboxylic acids is 1. The van der Waals surface area contributed by atoms with Gasteiger partial charge in [-0.05, 0) is 12.8 Å². The van der Waals surface area contributed by atoms with E-state index in [2.05, 4.69) is 0 Å². The van der Waals surface area contributed by atoms with Gasteiger partial charge in [0.15, 0.2) is 0 Å². The summed E-state index contributed by atoms with van der Waals surface area (Å²) in [6.07, 6.45) is -0.551. The maximum absolute atomic E-state index is 9.99. The molecule has 132 valence electrons. The van der Waals surface area contributed by atoms with Crippen molar-refractivity contribution >= 4 is 40.9 Å². The van der Waals surface area contributed by atoms with Crippen LogP contribution in [0.25, 0.3) is 0 Å². The van der Waals surface area contributed by atoms with Gasteiger partial charge >= 0.3 is 64.5 Å². The molecular formula is C10H22N3NaO8Se. The van der Waals surface area contributed by atoms with Crippen LogP contribution in [0.3, 0.4) is 0 Å². The van der Waals surface area contributed by atoms with Crippen LogP contribution in [0.2, 0.25) is 0 Å². The van der Waals surface area contributed by atoms with E-state index in [1.807, 2.05) is 0 Å². The fourth-order valence-corrected chi connectivity index (χ4v) is 0.799. The first-order chi connectivity index (χ1) is 9.07. The number of aliphatic carboxylic acids is 4. The van der Waals surface area contributed by atoms with Crippen LogP contribution < -0.4 is 52.3 Å². The van der Waals surface area contributed by atoms with Gasteiger partial charge in [-0.3, -0.25) is 14.4 Å². The normalized spacial score (nSPS) is 10.9. The fourth-order valence-electron chi connectivity index (χ4n) is 0.799. The third-order valence-corrected chi connectivity index (χ3v) is 1.96. The molecule has 0 aliphatic heterocycles. The Bertz CT molecular complexity index is 338. The quantitative estimate of drug-likeness (QED) is 0.204. The first kappa shape index (κ1) is 33.8. The van der Waals surface area contributed by atoms with Gasteiger partial charge < -0.3 is 42.8 Å². The van der Waals surface area contributed by atoms with Crippen LogP contribution in [-0.2, 0) is 19.2 Å². The molecule has 0 saturated carbocycles. The molecular weight excluding hydrogens is 392 g/mol. The Balaban J connectivity index is -0.0000000831. The van der Waals surface area contributed by atoms with E-state index in [0.717, 1.165) is 0 Å². The zero-order chi connectivity index (χ0) is 16.3. The van der Waals surface area contributed by atoms with Gasteiger partial charge in [0, 0.05) is 18.9 Å². The maximum atomic E-state index is 9.99. The number of carbonyl (C=O) groups is 4. The summed E-state index contributed by atoms with van der Waals surface area (Å²) in [5.41, 5.74) is 9.94. The van der Waals surface area contributed by atoms with Crippen molar-refractivity contribution in [2.24, 2.45) is 11.5 Å². The standard InChI is InChI=1S/2C5H9NO4.H3N.Na.H2Se/c2*6-3(5(9)10)1-2-4(7)8;;;/h2*3H,1-2,6H2,(H,7,8)(H,9,10);1H3;;1H2/q;;;+1;/p-1. The second kappa shape index (κ2) is 19.3. The summed E-state index contributed by atoms with van der Waals surface area (Å²) in [4.78, 5) is 39.6. The average Bonchev–Trinajstić information content (AvgIpc) is 2.33. The summed E-state index contributed by atoms with van der Waals surface area (Å²) in [6, 6.07) is -2.23. The van der Waals surface area contributed by atoms with E-state index in [-0.39, 0.29) is 78.5 Å². The molecule has 0 aromatic rings. The summed E-state index contributed by atoms with van der Waals surface area (Å²) in [5.74, 6) is -4.67. The Labute approximate surface area is 165 Å². The first-order valence-electron chi connectivity index (χ1n) is 5.46. The second-order valence-corrected chi connectivity index (χ2v) is 3.74. The van der Waals surface area contributed by atoms with E-state index in [1.54, 1.807) is 0 Å². The van der Waals surface area contributed by atoms with Crippen LogP contribution in [0.5, 0.6) is 0 Å². The van der Waals surface area contributed by atoms with E-state index < -0.39 is 36.0 Å². The van der Waals surface area contributed by atoms with E-state index in [0.29, 0.717) is 0 Å². The molecule has 10 N–H and O–H groups in total. The number of nitrogens with two attached hydrogens (primary N) is 2. The zero-order valence-electron chi connectivity index (χ0n) is 12.7. The van der Waals surface area contributed by atoms with Gasteiger partial charge in [-0.15, -0.1) is 0 Å². The van der Waals surface area contributed by atoms with Crippen molar-refractivity contribution in [3.05, 3.63) is 0 Å². The molecule has 0 saturated heterocycles. The molecule has 0 aliphatic rings. The van der Waals surface area contributed by atoms with Crippen LogP contribution >= 0.6 is 0 Å². The fraction of sp³-hybridized carbons (Fsp3) is 0.600. The Morgan fingerprint density at radius 1 is 0.870 bits per heavy atom. The van der Waals surface area contributed by atoms with Gasteiger partial charge in [-0.25, -0.2) is 0 Å². The molecule has 0 amide bonds. The van der Waals surface area contributed by atoms with Crippen molar-refractivity contribution in [2.75, 3.05) is 0 Å². The van der Waals surface area contributed by atoms with Crippen molar-refractivity contribution in [2.45, 2.75) is 37.8 Å². The molecule has 0 aromatic heterocycles. The molecule has 0 bridgehead atoms. The van der Waals surface area contributed by atoms with Crippen LogP contribution in [0.1, 0.15) is 25.7 Å². The zero-order valence-corrected chi connectivity index (χ0v) is 16.8. The summed E-state index contributed by atoms with van der Waals surface area (Å²) in [5, 5.41) is 34.2. The predicted octanol–water partition coefficient (Wildman–Crippen LogP) is -6.56. The number of carboxylic acids is 4. The molecule has 0 aliphatic carbocycles. The molecule has 13 heteroatoms. The average molecular weight is 414 g/mol. The first-order valence-corrected chi connectivity index (χ1v) is 5.46. The molecule has 0 rings (SSSR count). The van der Waals surface area contributed by atoms with Crippen LogP contribution in [0.15, 0.2) is 0 Å². The van der Waals surface area contributed by atoms with Crippen molar-refractivity contribution in [3.63, 3.8) is 0 Å². The van der Waals surface area contributed by atoms with E-state index in [4.69, 9.17) is 26.8 Å². The van der Waals surface area contributed by atoms with E-state index in [9.17, 15) is 24.3 Å². The topological polar surface area (TPSA) is 239 Å². The SMILES string of the molecule is N.NC(CCC(=O)O)C(=O)O.NC(CCC(=O)O)C(=O)[O-].[Na+].[SeH2]. The Morgan fingerprint density at radius 2 is 1.17 bits per heavy atom. The van der Waals surface area contributed by atoms with Gasteiger partial charge in [0.05, 0.1) is 5.97 Å². The van der Waals surface area contributed by atoms with Gasteiger partial charge in [0.1, 0.15) is 6.04 Å². The van der Waals surface area contributed by atoms with Crippen molar-refractivity contribution in [3.8, 4) is 0 Å². The minimum absolute atomic E-state index is 0. The molecule has 0 spiro atoms. The number of hydrogen-bond donors (Lipinski definition) is 6. The Hall–Kier alpha value is -0.721. The minimum atomic E-state index is -1.42. The van der Waals surface area contributed by atoms with Crippen LogP contribution in [0, 0.1) is 0 Å². The molecule has 0 fully saturated rings. The van der Waals surface area contributed by atoms with E-state index >= 15 is 0 Å². The monoisotopic (exact) mass is 415 g/mol. The summed E-state index contributed by atoms with van der Waals surface area (Å²) in [7, 11) is 0. The molecule has 2 unspecified atom stereocenters.